The summed E-state index contributed by atoms with van der Waals surface area (Å²) in [6, 6.07) is 0. The normalized spacial score (nSPS) is 12.7. The van der Waals surface area contributed by atoms with Crippen LogP contribution in [0.5, 0.6) is 5.95 Å². The van der Waals surface area contributed by atoms with Gasteiger partial charge in [0.05, 0.1) is 12.7 Å². The number of hydrogen-bond acceptors (Lipinski definition) is 3. The number of hydrogen-bond donors (Lipinski definition) is 0. The van der Waals surface area contributed by atoms with Crippen LogP contribution in [-0.2, 0) is 6.42 Å². The molecule has 0 amide bonds. The first-order valence-electron chi connectivity index (χ1n) is 6.52. The minimum Gasteiger partial charge on any atom is -0.468 e. The molecule has 0 N–H and O–H groups in total. The molecule has 0 unspecified atom stereocenters. The highest BCUT2D eigenvalue weighted by atomic mass is 127. The van der Waals surface area contributed by atoms with Gasteiger partial charge in [0.1, 0.15) is 5.76 Å². The summed E-state index contributed by atoms with van der Waals surface area (Å²) in [6.45, 7) is 7.68. The van der Waals surface area contributed by atoms with E-state index < -0.39 is 0 Å². The molecule has 1 aromatic heterocycles. The van der Waals surface area contributed by atoms with Crippen molar-refractivity contribution in [2.24, 2.45) is 0 Å². The average Bonchev–Trinajstić information content (AvgIpc) is 2.44. The van der Waals surface area contributed by atoms with E-state index in [0.717, 1.165) is 6.42 Å². The lowest BCUT2D eigenvalue weighted by Crippen LogP contribution is -2.13. The molecule has 0 saturated heterocycles. The molecule has 0 aliphatic heterocycles. The zero-order valence-corrected chi connectivity index (χ0v) is 14.8. The third-order valence-electron chi connectivity index (χ3n) is 3.20. The van der Waals surface area contributed by atoms with Crippen molar-refractivity contribution in [1.29, 1.82) is 0 Å². The van der Waals surface area contributed by atoms with Gasteiger partial charge in [0.2, 0.25) is 0 Å². The Morgan fingerprint density at radius 2 is 1.95 bits per heavy atom. The maximum Gasteiger partial charge on any atom is 0.291 e. The van der Waals surface area contributed by atoms with Crippen molar-refractivity contribution in [3.63, 3.8) is 0 Å². The number of ether oxygens (including phenoxy) is 1. The molecule has 1 rings (SSSR count). The summed E-state index contributed by atoms with van der Waals surface area (Å²) in [5.41, 5.74) is 3.70. The Labute approximate surface area is 133 Å². The maximum atomic E-state index is 12.1. The highest BCUT2D eigenvalue weighted by molar-refractivity contribution is 14.1. The topological polar surface area (TPSA) is 39.4 Å². The lowest BCUT2D eigenvalue weighted by Gasteiger charge is -2.09. The molecule has 110 valence electrons. The van der Waals surface area contributed by atoms with E-state index in [1.807, 2.05) is 11.0 Å². The number of rotatable bonds is 5. The van der Waals surface area contributed by atoms with E-state index in [4.69, 9.17) is 9.15 Å². The van der Waals surface area contributed by atoms with E-state index >= 15 is 0 Å². The standard InChI is InChI=1S/C16H21IO3/c1-10(8-11(2)9-17)6-7-14-12(3)15(18)13(4)16(19-5)20-14/h8-9H,6-7H2,1-5H3/b10-8+,11-9+. The highest BCUT2D eigenvalue weighted by Gasteiger charge is 2.13. The van der Waals surface area contributed by atoms with Gasteiger partial charge in [0.25, 0.3) is 5.95 Å². The van der Waals surface area contributed by atoms with Crippen LogP contribution in [0.1, 0.15) is 37.2 Å². The largest absolute Gasteiger partial charge is 0.468 e. The number of methoxy groups -OCH3 is 1. The minimum absolute atomic E-state index is 0.00747. The molecule has 0 spiro atoms. The van der Waals surface area contributed by atoms with Crippen molar-refractivity contribution >= 4 is 22.6 Å². The van der Waals surface area contributed by atoms with Crippen molar-refractivity contribution in [1.82, 2.24) is 0 Å². The fraction of sp³-hybridized carbons (Fsp3) is 0.438. The van der Waals surface area contributed by atoms with Crippen LogP contribution in [0.15, 0.2) is 30.5 Å². The second-order valence-corrected chi connectivity index (χ2v) is 5.56. The van der Waals surface area contributed by atoms with E-state index in [2.05, 4.69) is 42.5 Å². The third kappa shape index (κ3) is 4.23. The first-order valence-corrected chi connectivity index (χ1v) is 7.76. The minimum atomic E-state index is 0.00747. The molecule has 1 aromatic rings. The molecule has 0 bridgehead atoms. The van der Waals surface area contributed by atoms with Crippen molar-refractivity contribution in [2.75, 3.05) is 7.11 Å². The highest BCUT2D eigenvalue weighted by Crippen LogP contribution is 2.21. The van der Waals surface area contributed by atoms with Gasteiger partial charge < -0.3 is 9.15 Å². The van der Waals surface area contributed by atoms with Crippen LogP contribution < -0.4 is 10.2 Å². The molecular weight excluding hydrogens is 367 g/mol. The van der Waals surface area contributed by atoms with E-state index in [0.29, 0.717) is 29.3 Å². The molecule has 1 heterocycles. The summed E-state index contributed by atoms with van der Waals surface area (Å²) < 4.78 is 12.8. The molecule has 20 heavy (non-hydrogen) atoms. The van der Waals surface area contributed by atoms with Crippen LogP contribution in [0.25, 0.3) is 0 Å². The van der Waals surface area contributed by atoms with Gasteiger partial charge >= 0.3 is 0 Å². The van der Waals surface area contributed by atoms with Gasteiger partial charge in [0.15, 0.2) is 5.43 Å². The van der Waals surface area contributed by atoms with Gasteiger partial charge in [-0.1, -0.05) is 34.2 Å². The SMILES string of the molecule is COc1oc(CC/C(C)=C/C(C)=C/I)c(C)c(=O)c1C. The van der Waals surface area contributed by atoms with Crippen LogP contribution >= 0.6 is 22.6 Å². The van der Waals surface area contributed by atoms with Gasteiger partial charge in [-0.2, -0.15) is 0 Å². The van der Waals surface area contributed by atoms with Crippen LogP contribution in [0.3, 0.4) is 0 Å². The van der Waals surface area contributed by atoms with E-state index in [9.17, 15) is 4.79 Å². The maximum absolute atomic E-state index is 12.1. The smallest absolute Gasteiger partial charge is 0.291 e. The van der Waals surface area contributed by atoms with Crippen LogP contribution in [0.4, 0.5) is 0 Å². The molecule has 0 fully saturated rings. The number of allylic oxidation sites excluding steroid dienone is 3. The predicted octanol–water partition coefficient (Wildman–Crippen LogP) is 4.48. The summed E-state index contributed by atoms with van der Waals surface area (Å²) in [5.74, 6) is 1.03. The molecule has 0 saturated carbocycles. The van der Waals surface area contributed by atoms with E-state index in [-0.39, 0.29) is 5.43 Å². The zero-order chi connectivity index (χ0) is 15.3. The van der Waals surface area contributed by atoms with Crippen LogP contribution in [0, 0.1) is 13.8 Å². The molecule has 4 heteroatoms. The van der Waals surface area contributed by atoms with Crippen molar-refractivity contribution < 1.29 is 9.15 Å². The molecule has 0 radical (unpaired) electrons. The average molecular weight is 388 g/mol. The summed E-state index contributed by atoms with van der Waals surface area (Å²) in [7, 11) is 1.52. The molecule has 0 aliphatic rings. The van der Waals surface area contributed by atoms with E-state index in [1.54, 1.807) is 6.92 Å². The Bertz CT molecular complexity index is 594. The van der Waals surface area contributed by atoms with Gasteiger partial charge in [-0.15, -0.1) is 0 Å². The second kappa shape index (κ2) is 7.67. The van der Waals surface area contributed by atoms with Crippen LogP contribution in [-0.4, -0.2) is 7.11 Å². The van der Waals surface area contributed by atoms with Crippen molar-refractivity contribution in [3.05, 3.63) is 48.4 Å². The monoisotopic (exact) mass is 388 g/mol. The number of halogens is 1. The van der Waals surface area contributed by atoms with Gasteiger partial charge in [-0.25, -0.2) is 0 Å². The first-order chi connectivity index (χ1) is 9.40. The number of aryl methyl sites for hydroxylation is 1. The van der Waals surface area contributed by atoms with E-state index in [1.165, 1.54) is 18.3 Å². The van der Waals surface area contributed by atoms with Crippen LogP contribution in [0.2, 0.25) is 0 Å². The Kier molecular flexibility index (Phi) is 6.52. The lowest BCUT2D eigenvalue weighted by atomic mass is 10.0. The first kappa shape index (κ1) is 17.0. The fourth-order valence-corrected chi connectivity index (χ4v) is 2.18. The molecule has 0 aromatic carbocycles. The Hall–Kier alpha value is -1.04. The fourth-order valence-electron chi connectivity index (χ4n) is 2.00. The quantitative estimate of drug-likeness (QED) is 0.552. The summed E-state index contributed by atoms with van der Waals surface area (Å²) in [4.78, 5) is 12.1. The molecule has 3 nitrogen and oxygen atoms in total. The molecule has 0 atom stereocenters. The Balaban J connectivity index is 2.97. The third-order valence-corrected chi connectivity index (χ3v) is 4.18. The van der Waals surface area contributed by atoms with Crippen molar-refractivity contribution in [3.8, 4) is 5.95 Å². The second-order valence-electron chi connectivity index (χ2n) is 4.94. The Morgan fingerprint density at radius 1 is 1.30 bits per heavy atom. The molecule has 0 aliphatic carbocycles. The van der Waals surface area contributed by atoms with Crippen molar-refractivity contribution in [2.45, 2.75) is 40.5 Å². The summed E-state index contributed by atoms with van der Waals surface area (Å²) in [6.07, 6.45) is 3.71. The predicted molar refractivity (Wildman–Crippen MR) is 90.9 cm³/mol. The lowest BCUT2D eigenvalue weighted by molar-refractivity contribution is 0.279. The zero-order valence-electron chi connectivity index (χ0n) is 12.7. The van der Waals surface area contributed by atoms with Gasteiger partial charge in [0, 0.05) is 12.0 Å². The summed E-state index contributed by atoms with van der Waals surface area (Å²) >= 11 is 2.23. The summed E-state index contributed by atoms with van der Waals surface area (Å²) in [5, 5.41) is 0. The van der Waals surface area contributed by atoms with Gasteiger partial charge in [-0.05, 0) is 43.8 Å². The van der Waals surface area contributed by atoms with Gasteiger partial charge in [-0.3, -0.25) is 4.79 Å². The Morgan fingerprint density at radius 3 is 2.50 bits per heavy atom. The molecular formula is C16H21IO3.